The van der Waals surface area contributed by atoms with E-state index >= 15 is 0 Å². The number of aryl methyl sites for hydroxylation is 1. The molecule has 4 rings (SSSR count). The zero-order valence-corrected chi connectivity index (χ0v) is 15.2. The fraction of sp³-hybridized carbons (Fsp3) is 0.100. The molecule has 4 aromatic rings. The molecule has 7 nitrogen and oxygen atoms in total. The zero-order chi connectivity index (χ0) is 19.7. The van der Waals surface area contributed by atoms with Gasteiger partial charge >= 0.3 is 0 Å². The van der Waals surface area contributed by atoms with E-state index in [0.717, 1.165) is 10.8 Å². The SMILES string of the molecule is COc1ccc(C(=O)Nc2ccc(F)c(-n3nnnc3C)c2)c2ccccc12. The number of anilines is 1. The van der Waals surface area contributed by atoms with Crippen molar-refractivity contribution in [3.05, 3.63) is 71.8 Å². The number of carbonyl (C=O) groups excluding carboxylic acids is 1. The first-order valence-electron chi connectivity index (χ1n) is 8.50. The molecule has 1 aromatic heterocycles. The number of nitrogens with zero attached hydrogens (tertiary/aromatic N) is 4. The summed E-state index contributed by atoms with van der Waals surface area (Å²) in [6.45, 7) is 1.66. The van der Waals surface area contributed by atoms with Gasteiger partial charge in [-0.15, -0.1) is 5.10 Å². The molecular formula is C20H16FN5O2. The standard InChI is InChI=1S/C20H16FN5O2/c1-12-23-24-25-26(12)18-11-13(7-9-17(18)21)22-20(27)16-8-10-19(28-2)15-6-4-3-5-14(15)16/h3-11H,1-2H3,(H,22,27). The monoisotopic (exact) mass is 377 g/mol. The van der Waals surface area contributed by atoms with E-state index in [1.54, 1.807) is 26.2 Å². The van der Waals surface area contributed by atoms with Crippen LogP contribution in [0.1, 0.15) is 16.2 Å². The van der Waals surface area contributed by atoms with Crippen molar-refractivity contribution in [2.24, 2.45) is 0 Å². The summed E-state index contributed by atoms with van der Waals surface area (Å²) in [4.78, 5) is 12.9. The van der Waals surface area contributed by atoms with Crippen molar-refractivity contribution in [1.29, 1.82) is 0 Å². The second kappa shape index (κ2) is 7.07. The first-order chi connectivity index (χ1) is 13.6. The van der Waals surface area contributed by atoms with Crippen LogP contribution < -0.4 is 10.1 Å². The van der Waals surface area contributed by atoms with Crippen LogP contribution in [0.5, 0.6) is 5.75 Å². The van der Waals surface area contributed by atoms with Gasteiger partial charge in [0.05, 0.1) is 7.11 Å². The van der Waals surface area contributed by atoms with Crippen molar-refractivity contribution in [3.63, 3.8) is 0 Å². The number of hydrogen-bond donors (Lipinski definition) is 1. The first kappa shape index (κ1) is 17.6. The molecule has 140 valence electrons. The van der Waals surface area contributed by atoms with E-state index < -0.39 is 5.82 Å². The fourth-order valence-electron chi connectivity index (χ4n) is 3.05. The van der Waals surface area contributed by atoms with Crippen molar-refractivity contribution in [2.75, 3.05) is 12.4 Å². The summed E-state index contributed by atoms with van der Waals surface area (Å²) in [6.07, 6.45) is 0. The lowest BCUT2D eigenvalue weighted by Gasteiger charge is -2.12. The van der Waals surface area contributed by atoms with Gasteiger partial charge in [0, 0.05) is 16.6 Å². The van der Waals surface area contributed by atoms with Gasteiger partial charge in [0.25, 0.3) is 5.91 Å². The Labute approximate surface area is 159 Å². The minimum absolute atomic E-state index is 0.153. The molecule has 8 heteroatoms. The Bertz CT molecular complexity index is 1190. The van der Waals surface area contributed by atoms with Crippen LogP contribution in [0, 0.1) is 12.7 Å². The largest absolute Gasteiger partial charge is 0.496 e. The van der Waals surface area contributed by atoms with Crippen LogP contribution in [-0.4, -0.2) is 33.2 Å². The van der Waals surface area contributed by atoms with E-state index in [2.05, 4.69) is 20.8 Å². The second-order valence-corrected chi connectivity index (χ2v) is 6.12. The maximum atomic E-state index is 14.2. The smallest absolute Gasteiger partial charge is 0.256 e. The molecule has 0 radical (unpaired) electrons. The highest BCUT2D eigenvalue weighted by atomic mass is 19.1. The van der Waals surface area contributed by atoms with E-state index in [9.17, 15) is 9.18 Å². The molecule has 0 fully saturated rings. The molecular weight excluding hydrogens is 361 g/mol. The predicted molar refractivity (Wildman–Crippen MR) is 102 cm³/mol. The minimum Gasteiger partial charge on any atom is -0.496 e. The average Bonchev–Trinajstić information content (AvgIpc) is 3.14. The second-order valence-electron chi connectivity index (χ2n) is 6.12. The lowest BCUT2D eigenvalue weighted by molar-refractivity contribution is 0.102. The fourth-order valence-corrected chi connectivity index (χ4v) is 3.05. The molecule has 0 saturated carbocycles. The number of halogens is 1. The molecule has 0 spiro atoms. The number of rotatable bonds is 4. The summed E-state index contributed by atoms with van der Waals surface area (Å²) in [5.41, 5.74) is 1.07. The Morgan fingerprint density at radius 2 is 1.89 bits per heavy atom. The number of methoxy groups -OCH3 is 1. The third-order valence-electron chi connectivity index (χ3n) is 4.41. The van der Waals surface area contributed by atoms with Gasteiger partial charge in [0.2, 0.25) is 0 Å². The Kier molecular flexibility index (Phi) is 4.44. The van der Waals surface area contributed by atoms with Crippen molar-refractivity contribution in [2.45, 2.75) is 6.92 Å². The lowest BCUT2D eigenvalue weighted by Crippen LogP contribution is -2.13. The quantitative estimate of drug-likeness (QED) is 0.588. The van der Waals surface area contributed by atoms with Gasteiger partial charge in [-0.2, -0.15) is 4.68 Å². The van der Waals surface area contributed by atoms with E-state index in [4.69, 9.17) is 4.74 Å². The average molecular weight is 377 g/mol. The molecule has 0 aliphatic heterocycles. The molecule has 0 atom stereocenters. The molecule has 1 N–H and O–H groups in total. The molecule has 3 aromatic carbocycles. The van der Waals surface area contributed by atoms with Gasteiger partial charge < -0.3 is 10.1 Å². The van der Waals surface area contributed by atoms with Gasteiger partial charge in [-0.25, -0.2) is 4.39 Å². The summed E-state index contributed by atoms with van der Waals surface area (Å²) in [7, 11) is 1.59. The number of fused-ring (bicyclic) bond motifs is 1. The summed E-state index contributed by atoms with van der Waals surface area (Å²) >= 11 is 0. The Balaban J connectivity index is 1.70. The molecule has 0 saturated heterocycles. The highest BCUT2D eigenvalue weighted by Gasteiger charge is 2.15. The van der Waals surface area contributed by atoms with E-state index in [0.29, 0.717) is 22.8 Å². The summed E-state index contributed by atoms with van der Waals surface area (Å²) in [5.74, 6) is 0.307. The number of tetrazole rings is 1. The normalized spacial score (nSPS) is 10.8. The van der Waals surface area contributed by atoms with Crippen LogP contribution in [0.2, 0.25) is 0 Å². The van der Waals surface area contributed by atoms with Crippen molar-refractivity contribution >= 4 is 22.4 Å². The third-order valence-corrected chi connectivity index (χ3v) is 4.41. The molecule has 28 heavy (non-hydrogen) atoms. The molecule has 1 heterocycles. The molecule has 0 aliphatic rings. The summed E-state index contributed by atoms with van der Waals surface area (Å²) < 4.78 is 20.9. The van der Waals surface area contributed by atoms with Crippen LogP contribution in [0.15, 0.2) is 54.6 Å². The van der Waals surface area contributed by atoms with Crippen LogP contribution in [0.4, 0.5) is 10.1 Å². The van der Waals surface area contributed by atoms with Crippen molar-refractivity contribution < 1.29 is 13.9 Å². The number of nitrogens with one attached hydrogen (secondary N) is 1. The summed E-state index contributed by atoms with van der Waals surface area (Å²) in [5, 5.41) is 15.5. The number of hydrogen-bond acceptors (Lipinski definition) is 5. The Morgan fingerprint density at radius 3 is 2.61 bits per heavy atom. The number of ether oxygens (including phenoxy) is 1. The van der Waals surface area contributed by atoms with Crippen LogP contribution in [0.3, 0.4) is 0 Å². The van der Waals surface area contributed by atoms with Gasteiger partial charge in [0.1, 0.15) is 17.3 Å². The number of aromatic nitrogens is 4. The van der Waals surface area contributed by atoms with Gasteiger partial charge in [-0.3, -0.25) is 4.79 Å². The molecule has 0 bridgehead atoms. The van der Waals surface area contributed by atoms with Gasteiger partial charge in [-0.1, -0.05) is 24.3 Å². The van der Waals surface area contributed by atoms with Gasteiger partial charge in [-0.05, 0) is 53.1 Å². The molecule has 0 aliphatic carbocycles. The van der Waals surface area contributed by atoms with E-state index in [1.165, 1.54) is 22.9 Å². The lowest BCUT2D eigenvalue weighted by atomic mass is 10.0. The molecule has 0 unspecified atom stereocenters. The Hall–Kier alpha value is -3.81. The first-order valence-corrected chi connectivity index (χ1v) is 8.50. The third kappa shape index (κ3) is 3.05. The topological polar surface area (TPSA) is 81.9 Å². The Morgan fingerprint density at radius 1 is 1.11 bits per heavy atom. The van der Waals surface area contributed by atoms with Crippen LogP contribution in [0.25, 0.3) is 16.5 Å². The number of amides is 1. The highest BCUT2D eigenvalue weighted by molar-refractivity contribution is 6.14. The van der Waals surface area contributed by atoms with E-state index in [-0.39, 0.29) is 11.6 Å². The van der Waals surface area contributed by atoms with Crippen LogP contribution in [-0.2, 0) is 0 Å². The number of benzene rings is 3. The zero-order valence-electron chi connectivity index (χ0n) is 15.2. The minimum atomic E-state index is -0.497. The number of carbonyl (C=O) groups is 1. The van der Waals surface area contributed by atoms with Crippen molar-refractivity contribution in [3.8, 4) is 11.4 Å². The highest BCUT2D eigenvalue weighted by Crippen LogP contribution is 2.29. The van der Waals surface area contributed by atoms with Crippen molar-refractivity contribution in [1.82, 2.24) is 20.2 Å². The van der Waals surface area contributed by atoms with E-state index in [1.807, 2.05) is 24.3 Å². The maximum Gasteiger partial charge on any atom is 0.256 e. The summed E-state index contributed by atoms with van der Waals surface area (Å²) in [6, 6.07) is 15.2. The van der Waals surface area contributed by atoms with Gasteiger partial charge in [0.15, 0.2) is 5.82 Å². The van der Waals surface area contributed by atoms with Crippen LogP contribution >= 0.6 is 0 Å². The maximum absolute atomic E-state index is 14.2. The molecule has 1 amide bonds. The predicted octanol–water partition coefficient (Wildman–Crippen LogP) is 3.52.